The summed E-state index contributed by atoms with van der Waals surface area (Å²) in [4.78, 5) is 0. The first kappa shape index (κ1) is 29.0. The van der Waals surface area contributed by atoms with Crippen molar-refractivity contribution in [2.75, 3.05) is 48.3 Å². The number of ether oxygens (including phenoxy) is 6. The van der Waals surface area contributed by atoms with E-state index in [1.54, 1.807) is 18.2 Å². The lowest BCUT2D eigenvalue weighted by Crippen LogP contribution is -2.54. The van der Waals surface area contributed by atoms with Gasteiger partial charge in [-0.05, 0) is 47.6 Å². The molecule has 2 aromatic carbocycles. The standard InChI is InChI=1S/C27H36O12/c1-34-17-7-13(8-18(35-2)23(17)31)20-15(10-38-27-25(33)22(30)16(29)11-39-27)14(9-28)5-12-6-19(36-3)24(32)26(37-4)21(12)20/h6-8,14-16,20,22,25,27-33H,5,9-11H2,1-4H3/t14-,15+,16+,20+,22-,25+,27-/m1/s1. The minimum atomic E-state index is -1.49. The van der Waals surface area contributed by atoms with Gasteiger partial charge in [0.15, 0.2) is 29.3 Å². The molecule has 4 rings (SSSR count). The number of hydrogen-bond acceptors (Lipinski definition) is 12. The Balaban J connectivity index is 1.86. The molecule has 1 fully saturated rings. The van der Waals surface area contributed by atoms with Crippen LogP contribution in [0.2, 0.25) is 0 Å². The number of methoxy groups -OCH3 is 4. The lowest BCUT2D eigenvalue weighted by atomic mass is 9.66. The van der Waals surface area contributed by atoms with Crippen molar-refractivity contribution in [3.8, 4) is 34.5 Å². The molecule has 216 valence electrons. The second-order valence-corrected chi connectivity index (χ2v) is 9.68. The summed E-state index contributed by atoms with van der Waals surface area (Å²) in [6.07, 6.45) is -5.04. The first-order chi connectivity index (χ1) is 18.7. The van der Waals surface area contributed by atoms with Crippen molar-refractivity contribution < 1.29 is 59.1 Å². The minimum Gasteiger partial charge on any atom is -0.502 e. The van der Waals surface area contributed by atoms with Gasteiger partial charge in [0.2, 0.25) is 11.5 Å². The average molecular weight is 553 g/mol. The molecule has 0 unspecified atom stereocenters. The van der Waals surface area contributed by atoms with Gasteiger partial charge in [-0.2, -0.15) is 0 Å². The quantitative estimate of drug-likeness (QED) is 0.254. The van der Waals surface area contributed by atoms with E-state index in [2.05, 4.69) is 0 Å². The van der Waals surface area contributed by atoms with Crippen molar-refractivity contribution in [1.29, 1.82) is 0 Å². The Morgan fingerprint density at radius 3 is 2.03 bits per heavy atom. The number of aliphatic hydroxyl groups is 4. The normalized spacial score (nSPS) is 28.5. The number of aliphatic hydroxyl groups excluding tert-OH is 4. The smallest absolute Gasteiger partial charge is 0.201 e. The third-order valence-corrected chi connectivity index (χ3v) is 7.60. The summed E-state index contributed by atoms with van der Waals surface area (Å²) in [5.74, 6) is -1.16. The zero-order valence-corrected chi connectivity index (χ0v) is 22.2. The second kappa shape index (κ2) is 12.0. The van der Waals surface area contributed by atoms with Gasteiger partial charge in [0.25, 0.3) is 0 Å². The molecule has 12 heteroatoms. The molecule has 6 N–H and O–H groups in total. The maximum Gasteiger partial charge on any atom is 0.201 e. The molecule has 0 radical (unpaired) electrons. The maximum absolute atomic E-state index is 11.0. The molecule has 12 nitrogen and oxygen atoms in total. The molecule has 1 aliphatic heterocycles. The molecule has 0 bridgehead atoms. The molecule has 39 heavy (non-hydrogen) atoms. The van der Waals surface area contributed by atoms with Crippen molar-refractivity contribution in [3.05, 3.63) is 34.9 Å². The molecule has 0 amide bonds. The summed E-state index contributed by atoms with van der Waals surface area (Å²) in [5, 5.41) is 62.3. The van der Waals surface area contributed by atoms with Gasteiger partial charge in [0, 0.05) is 18.1 Å². The van der Waals surface area contributed by atoms with Gasteiger partial charge >= 0.3 is 0 Å². The highest BCUT2D eigenvalue weighted by Gasteiger charge is 2.44. The van der Waals surface area contributed by atoms with Crippen LogP contribution in [-0.4, -0.2) is 104 Å². The van der Waals surface area contributed by atoms with E-state index in [-0.39, 0.29) is 60.2 Å². The van der Waals surface area contributed by atoms with Crippen LogP contribution in [0.5, 0.6) is 34.5 Å². The summed E-state index contributed by atoms with van der Waals surface area (Å²) in [5.41, 5.74) is 1.99. The molecule has 1 saturated heterocycles. The fourth-order valence-electron chi connectivity index (χ4n) is 5.55. The zero-order chi connectivity index (χ0) is 28.4. The van der Waals surface area contributed by atoms with Gasteiger partial charge in [-0.1, -0.05) is 0 Å². The fourth-order valence-corrected chi connectivity index (χ4v) is 5.55. The third kappa shape index (κ3) is 5.28. The summed E-state index contributed by atoms with van der Waals surface area (Å²) < 4.78 is 33.2. The largest absolute Gasteiger partial charge is 0.502 e. The predicted octanol–water partition coefficient (Wildman–Crippen LogP) is 0.500. The van der Waals surface area contributed by atoms with Crippen LogP contribution in [0.3, 0.4) is 0 Å². The molecular weight excluding hydrogens is 516 g/mol. The van der Waals surface area contributed by atoms with E-state index in [0.29, 0.717) is 17.5 Å². The average Bonchev–Trinajstić information content (AvgIpc) is 2.94. The Morgan fingerprint density at radius 1 is 0.846 bits per heavy atom. The molecule has 0 aromatic heterocycles. The minimum absolute atomic E-state index is 0.0542. The molecular formula is C27H36O12. The summed E-state index contributed by atoms with van der Waals surface area (Å²) in [6, 6.07) is 4.96. The van der Waals surface area contributed by atoms with Crippen LogP contribution in [0.1, 0.15) is 22.6 Å². The van der Waals surface area contributed by atoms with E-state index in [1.165, 1.54) is 28.4 Å². The van der Waals surface area contributed by atoms with Crippen LogP contribution in [0.4, 0.5) is 0 Å². The summed E-state index contributed by atoms with van der Waals surface area (Å²) >= 11 is 0. The number of rotatable bonds is 9. The van der Waals surface area contributed by atoms with Crippen molar-refractivity contribution >= 4 is 0 Å². The molecule has 0 spiro atoms. The number of fused-ring (bicyclic) bond motifs is 1. The van der Waals surface area contributed by atoms with Crippen molar-refractivity contribution in [3.63, 3.8) is 0 Å². The molecule has 7 atom stereocenters. The van der Waals surface area contributed by atoms with Crippen molar-refractivity contribution in [2.45, 2.75) is 36.9 Å². The number of aromatic hydroxyl groups is 2. The Labute approximate surface area is 225 Å². The third-order valence-electron chi connectivity index (χ3n) is 7.60. The fraction of sp³-hybridized carbons (Fsp3) is 0.556. The SMILES string of the molecule is COc1cc([C@@H]2c3c(cc(OC)c(O)c3OC)C[C@H](CO)[C@@H]2CO[C@@H]2OC[C@H](O)[C@@H](O)[C@@H]2O)cc(OC)c1O. The first-order valence-electron chi connectivity index (χ1n) is 12.5. The number of phenolic OH excluding ortho intramolecular Hbond substituents is 2. The van der Waals surface area contributed by atoms with Gasteiger partial charge < -0.3 is 59.1 Å². The van der Waals surface area contributed by atoms with E-state index >= 15 is 0 Å². The Bertz CT molecular complexity index is 1130. The highest BCUT2D eigenvalue weighted by molar-refractivity contribution is 5.64. The lowest BCUT2D eigenvalue weighted by Gasteiger charge is -2.42. The van der Waals surface area contributed by atoms with Gasteiger partial charge in [-0.15, -0.1) is 0 Å². The van der Waals surface area contributed by atoms with Crippen LogP contribution in [0.25, 0.3) is 0 Å². The highest BCUT2D eigenvalue weighted by Crippen LogP contribution is 2.54. The maximum atomic E-state index is 11.0. The number of phenols is 2. The van der Waals surface area contributed by atoms with E-state index in [9.17, 15) is 30.6 Å². The monoisotopic (exact) mass is 552 g/mol. The zero-order valence-electron chi connectivity index (χ0n) is 22.2. The van der Waals surface area contributed by atoms with E-state index in [0.717, 1.165) is 5.56 Å². The van der Waals surface area contributed by atoms with Crippen molar-refractivity contribution in [1.82, 2.24) is 0 Å². The van der Waals surface area contributed by atoms with Gasteiger partial charge in [-0.25, -0.2) is 0 Å². The Hall–Kier alpha value is -3.00. The summed E-state index contributed by atoms with van der Waals surface area (Å²) in [6.45, 7) is -0.504. The van der Waals surface area contributed by atoms with Crippen LogP contribution in [0.15, 0.2) is 18.2 Å². The molecule has 1 heterocycles. The van der Waals surface area contributed by atoms with Gasteiger partial charge in [-0.3, -0.25) is 0 Å². The van der Waals surface area contributed by atoms with Gasteiger partial charge in [0.05, 0.1) is 41.7 Å². The number of benzene rings is 2. The first-order valence-corrected chi connectivity index (χ1v) is 12.5. The van der Waals surface area contributed by atoms with Crippen LogP contribution < -0.4 is 18.9 Å². The van der Waals surface area contributed by atoms with Crippen LogP contribution >= 0.6 is 0 Å². The van der Waals surface area contributed by atoms with Gasteiger partial charge in [0.1, 0.15) is 18.3 Å². The van der Waals surface area contributed by atoms with E-state index in [1.807, 2.05) is 0 Å². The topological polar surface area (TPSA) is 177 Å². The number of hydrogen-bond donors (Lipinski definition) is 6. The van der Waals surface area contributed by atoms with E-state index < -0.39 is 36.4 Å². The van der Waals surface area contributed by atoms with Crippen LogP contribution in [0, 0.1) is 11.8 Å². The Kier molecular flexibility index (Phi) is 8.94. The lowest BCUT2D eigenvalue weighted by molar-refractivity contribution is -0.274. The second-order valence-electron chi connectivity index (χ2n) is 9.68. The molecule has 0 saturated carbocycles. The summed E-state index contributed by atoms with van der Waals surface area (Å²) in [7, 11) is 5.66. The predicted molar refractivity (Wildman–Crippen MR) is 136 cm³/mol. The molecule has 2 aliphatic rings. The Morgan fingerprint density at radius 2 is 1.46 bits per heavy atom. The molecule has 2 aromatic rings. The van der Waals surface area contributed by atoms with Crippen molar-refractivity contribution in [2.24, 2.45) is 11.8 Å². The van der Waals surface area contributed by atoms with Crippen LogP contribution in [-0.2, 0) is 15.9 Å². The highest BCUT2D eigenvalue weighted by atomic mass is 16.7. The molecule has 1 aliphatic carbocycles. The van der Waals surface area contributed by atoms with E-state index in [4.69, 9.17) is 28.4 Å².